The van der Waals surface area contributed by atoms with Gasteiger partial charge in [0.1, 0.15) is 5.82 Å². The van der Waals surface area contributed by atoms with Gasteiger partial charge in [-0.05, 0) is 44.5 Å². The van der Waals surface area contributed by atoms with Crippen LogP contribution in [0.5, 0.6) is 0 Å². The van der Waals surface area contributed by atoms with Gasteiger partial charge in [-0.25, -0.2) is 9.78 Å². The molecule has 130 valence electrons. The lowest BCUT2D eigenvalue weighted by Gasteiger charge is -2.12. The number of benzene rings is 2. The van der Waals surface area contributed by atoms with Crippen molar-refractivity contribution in [2.45, 2.75) is 27.3 Å². The summed E-state index contributed by atoms with van der Waals surface area (Å²) in [5, 5.41) is 4.99. The molecule has 6 nitrogen and oxygen atoms in total. The summed E-state index contributed by atoms with van der Waals surface area (Å²) in [7, 11) is 0. The Hall–Kier alpha value is -3.28. The summed E-state index contributed by atoms with van der Waals surface area (Å²) in [5.41, 5.74) is 3.37. The maximum absolute atomic E-state index is 12.9. The van der Waals surface area contributed by atoms with Gasteiger partial charge in [0, 0.05) is 10.9 Å². The summed E-state index contributed by atoms with van der Waals surface area (Å²) in [6.45, 7) is 5.55. The normalized spacial score (nSPS) is 11.3. The summed E-state index contributed by atoms with van der Waals surface area (Å²) < 4.78 is 2.74. The molecule has 0 aliphatic carbocycles. The number of aromatic nitrogens is 4. The van der Waals surface area contributed by atoms with E-state index in [1.165, 1.54) is 9.08 Å². The first kappa shape index (κ1) is 16.2. The third kappa shape index (κ3) is 2.50. The molecule has 0 atom stereocenters. The van der Waals surface area contributed by atoms with Crippen LogP contribution in [0.3, 0.4) is 0 Å². The van der Waals surface area contributed by atoms with Crippen LogP contribution in [-0.4, -0.2) is 24.9 Å². The van der Waals surface area contributed by atoms with E-state index in [-0.39, 0.29) is 18.0 Å². The van der Waals surface area contributed by atoms with Crippen LogP contribution in [0.4, 0.5) is 0 Å². The molecule has 0 spiro atoms. The van der Waals surface area contributed by atoms with Gasteiger partial charge in [0.2, 0.25) is 0 Å². The first-order valence-corrected chi connectivity index (χ1v) is 8.41. The molecule has 4 rings (SSSR count). The third-order valence-corrected chi connectivity index (χ3v) is 4.56. The Morgan fingerprint density at radius 1 is 1.08 bits per heavy atom. The van der Waals surface area contributed by atoms with Crippen LogP contribution in [0.15, 0.2) is 47.3 Å². The van der Waals surface area contributed by atoms with Gasteiger partial charge in [-0.15, -0.1) is 5.10 Å². The summed E-state index contributed by atoms with van der Waals surface area (Å²) in [6, 6.07) is 13.2. The van der Waals surface area contributed by atoms with Gasteiger partial charge in [0.15, 0.2) is 11.4 Å². The Labute approximate surface area is 149 Å². The Kier molecular flexibility index (Phi) is 3.68. The van der Waals surface area contributed by atoms with Crippen LogP contribution in [0, 0.1) is 20.8 Å². The lowest BCUT2D eigenvalue weighted by molar-refractivity contribution is 0.0971. The lowest BCUT2D eigenvalue weighted by atomic mass is 10.0. The number of carbonyl (C=O) groups excluding carboxylic acids is 1. The number of carbonyl (C=O) groups is 1. The van der Waals surface area contributed by atoms with E-state index >= 15 is 0 Å². The second-order valence-corrected chi connectivity index (χ2v) is 6.52. The van der Waals surface area contributed by atoms with Crippen molar-refractivity contribution >= 4 is 22.3 Å². The molecule has 0 saturated heterocycles. The van der Waals surface area contributed by atoms with E-state index in [4.69, 9.17) is 0 Å². The van der Waals surface area contributed by atoms with Crippen molar-refractivity contribution in [1.82, 2.24) is 19.2 Å². The van der Waals surface area contributed by atoms with Crippen molar-refractivity contribution in [2.75, 3.05) is 0 Å². The highest BCUT2D eigenvalue weighted by atomic mass is 16.2. The third-order valence-electron chi connectivity index (χ3n) is 4.56. The van der Waals surface area contributed by atoms with Gasteiger partial charge in [-0.3, -0.25) is 9.36 Å². The quantitative estimate of drug-likeness (QED) is 0.535. The SMILES string of the molecule is Cc1ccc(C)c(C(=O)Cn2c(=O)n3nc(C)nc3c3ccccc32)c1. The highest BCUT2D eigenvalue weighted by molar-refractivity contribution is 5.99. The summed E-state index contributed by atoms with van der Waals surface area (Å²) >= 11 is 0. The van der Waals surface area contributed by atoms with Crippen LogP contribution < -0.4 is 5.69 Å². The number of fused-ring (bicyclic) bond motifs is 3. The summed E-state index contributed by atoms with van der Waals surface area (Å²) in [5.74, 6) is 0.417. The van der Waals surface area contributed by atoms with Crippen LogP contribution >= 0.6 is 0 Å². The molecular weight excluding hydrogens is 328 g/mol. The van der Waals surface area contributed by atoms with E-state index in [1.54, 1.807) is 6.92 Å². The lowest BCUT2D eigenvalue weighted by Crippen LogP contribution is -2.30. The van der Waals surface area contributed by atoms with Crippen molar-refractivity contribution in [2.24, 2.45) is 0 Å². The Morgan fingerprint density at radius 2 is 1.85 bits per heavy atom. The van der Waals surface area contributed by atoms with Gasteiger partial charge in [0.25, 0.3) is 0 Å². The molecule has 0 fully saturated rings. The minimum atomic E-state index is -0.363. The van der Waals surface area contributed by atoms with Gasteiger partial charge in [-0.2, -0.15) is 4.52 Å². The zero-order chi connectivity index (χ0) is 18.4. The standard InChI is InChI=1S/C20H18N4O2/c1-12-8-9-13(2)16(10-12)18(25)11-23-17-7-5-4-6-15(17)19-21-14(3)22-24(19)20(23)26/h4-10H,11H2,1-3H3. The monoisotopic (exact) mass is 346 g/mol. The number of aryl methyl sites for hydroxylation is 3. The van der Waals surface area contributed by atoms with Crippen molar-refractivity contribution in [3.05, 3.63) is 75.5 Å². The minimum absolute atomic E-state index is 0.0432. The van der Waals surface area contributed by atoms with Crippen LogP contribution in [0.2, 0.25) is 0 Å². The maximum atomic E-state index is 12.9. The number of rotatable bonds is 3. The molecule has 0 saturated carbocycles. The smallest absolute Gasteiger partial charge is 0.292 e. The van der Waals surface area contributed by atoms with Gasteiger partial charge in [-0.1, -0.05) is 29.8 Å². The second kappa shape index (κ2) is 5.91. The number of ketones is 1. The van der Waals surface area contributed by atoms with E-state index in [1.807, 2.05) is 56.3 Å². The predicted molar refractivity (Wildman–Crippen MR) is 99.7 cm³/mol. The number of para-hydroxylation sites is 1. The maximum Gasteiger partial charge on any atom is 0.351 e. The van der Waals surface area contributed by atoms with Crippen molar-refractivity contribution < 1.29 is 4.79 Å². The van der Waals surface area contributed by atoms with Crippen LogP contribution in [0.25, 0.3) is 16.6 Å². The Bertz CT molecular complexity index is 1230. The molecule has 0 N–H and O–H groups in total. The molecule has 0 aliphatic heterocycles. The van der Waals surface area contributed by atoms with Crippen LogP contribution in [0.1, 0.15) is 27.3 Å². The van der Waals surface area contributed by atoms with Gasteiger partial charge < -0.3 is 0 Å². The minimum Gasteiger partial charge on any atom is -0.292 e. The number of Topliss-reactive ketones (excluding diaryl/α,β-unsaturated/α-hetero) is 1. The fraction of sp³-hybridized carbons (Fsp3) is 0.200. The molecule has 0 amide bonds. The largest absolute Gasteiger partial charge is 0.351 e. The average Bonchev–Trinajstić information content (AvgIpc) is 3.02. The zero-order valence-corrected chi connectivity index (χ0v) is 14.9. The molecule has 2 aromatic heterocycles. The molecule has 2 heterocycles. The first-order chi connectivity index (χ1) is 12.5. The van der Waals surface area contributed by atoms with E-state index in [9.17, 15) is 9.59 Å². The van der Waals surface area contributed by atoms with E-state index < -0.39 is 0 Å². The van der Waals surface area contributed by atoms with E-state index in [2.05, 4.69) is 10.1 Å². The fourth-order valence-electron chi connectivity index (χ4n) is 3.26. The molecule has 2 aromatic carbocycles. The molecule has 0 aliphatic rings. The Balaban J connectivity index is 1.93. The van der Waals surface area contributed by atoms with Crippen LogP contribution in [-0.2, 0) is 6.54 Å². The highest BCUT2D eigenvalue weighted by Crippen LogP contribution is 2.18. The predicted octanol–water partition coefficient (Wildman–Crippen LogP) is 2.85. The molecule has 0 unspecified atom stereocenters. The average molecular weight is 346 g/mol. The Morgan fingerprint density at radius 3 is 2.65 bits per heavy atom. The first-order valence-electron chi connectivity index (χ1n) is 8.41. The number of hydrogen-bond donors (Lipinski definition) is 0. The molecule has 0 bridgehead atoms. The van der Waals surface area contributed by atoms with Gasteiger partial charge >= 0.3 is 5.69 Å². The number of nitrogens with zero attached hydrogens (tertiary/aromatic N) is 4. The molecule has 4 aromatic rings. The van der Waals surface area contributed by atoms with Crippen molar-refractivity contribution in [1.29, 1.82) is 0 Å². The summed E-state index contributed by atoms with van der Waals surface area (Å²) in [4.78, 5) is 30.2. The van der Waals surface area contributed by atoms with Crippen molar-refractivity contribution in [3.8, 4) is 0 Å². The second-order valence-electron chi connectivity index (χ2n) is 6.52. The topological polar surface area (TPSA) is 69.3 Å². The molecule has 6 heteroatoms. The molecule has 0 radical (unpaired) electrons. The molecule has 26 heavy (non-hydrogen) atoms. The van der Waals surface area contributed by atoms with Gasteiger partial charge in [0.05, 0.1) is 12.1 Å². The fourth-order valence-corrected chi connectivity index (χ4v) is 3.26. The number of hydrogen-bond acceptors (Lipinski definition) is 4. The summed E-state index contributed by atoms with van der Waals surface area (Å²) in [6.07, 6.45) is 0. The highest BCUT2D eigenvalue weighted by Gasteiger charge is 2.17. The van der Waals surface area contributed by atoms with Crippen molar-refractivity contribution in [3.63, 3.8) is 0 Å². The van der Waals surface area contributed by atoms with E-state index in [0.29, 0.717) is 22.6 Å². The molecular formula is C20H18N4O2. The zero-order valence-electron chi connectivity index (χ0n) is 14.9. The van der Waals surface area contributed by atoms with E-state index in [0.717, 1.165) is 16.5 Å².